The molecular weight excluding hydrogens is 278 g/mol. The third-order valence-electron chi connectivity index (χ3n) is 3.88. The average Bonchev–Trinajstić information content (AvgIpc) is 2.48. The van der Waals surface area contributed by atoms with Gasteiger partial charge in [-0.3, -0.25) is 9.69 Å². The molecule has 1 amide bonds. The highest BCUT2D eigenvalue weighted by molar-refractivity contribution is 5.78. The van der Waals surface area contributed by atoms with Crippen LogP contribution in [0.5, 0.6) is 0 Å². The number of amides is 1. The number of nitrogens with zero attached hydrogens (tertiary/aromatic N) is 2. The minimum atomic E-state index is 0.0955. The predicted octanol–water partition coefficient (Wildman–Crippen LogP) is 1.48. The van der Waals surface area contributed by atoms with Crippen molar-refractivity contribution < 1.29 is 9.53 Å². The molecule has 1 aliphatic rings. The van der Waals surface area contributed by atoms with E-state index in [1.807, 2.05) is 26.0 Å². The first-order valence-corrected chi connectivity index (χ1v) is 7.86. The topological polar surface area (TPSA) is 44.8 Å². The van der Waals surface area contributed by atoms with Gasteiger partial charge in [0.1, 0.15) is 0 Å². The molecular formula is C17H27N3O2. The van der Waals surface area contributed by atoms with Gasteiger partial charge < -0.3 is 15.0 Å². The van der Waals surface area contributed by atoms with E-state index in [4.69, 9.17) is 4.74 Å². The molecule has 0 atom stereocenters. The lowest BCUT2D eigenvalue weighted by Gasteiger charge is -2.24. The lowest BCUT2D eigenvalue weighted by molar-refractivity contribution is -0.123. The first kappa shape index (κ1) is 16.8. The van der Waals surface area contributed by atoms with E-state index in [2.05, 4.69) is 34.5 Å². The van der Waals surface area contributed by atoms with Crippen LogP contribution in [0.3, 0.4) is 0 Å². The summed E-state index contributed by atoms with van der Waals surface area (Å²) in [5, 5.41) is 3.10. The molecule has 1 N–H and O–H groups in total. The van der Waals surface area contributed by atoms with E-state index in [1.54, 1.807) is 0 Å². The number of nitrogens with one attached hydrogen (secondary N) is 1. The number of carbonyl (C=O) groups is 1. The maximum atomic E-state index is 12.1. The van der Waals surface area contributed by atoms with Crippen molar-refractivity contribution in [1.29, 1.82) is 0 Å². The zero-order valence-corrected chi connectivity index (χ0v) is 13.8. The van der Waals surface area contributed by atoms with E-state index < -0.39 is 0 Å². The van der Waals surface area contributed by atoms with Crippen LogP contribution >= 0.6 is 0 Å². The number of ether oxygens (including phenoxy) is 1. The molecule has 0 radical (unpaired) electrons. The number of hydrogen-bond donors (Lipinski definition) is 1. The molecule has 1 aliphatic heterocycles. The van der Waals surface area contributed by atoms with Crippen LogP contribution in [0.2, 0.25) is 0 Å². The quantitative estimate of drug-likeness (QED) is 0.865. The van der Waals surface area contributed by atoms with E-state index in [0.717, 1.165) is 32.6 Å². The van der Waals surface area contributed by atoms with Crippen molar-refractivity contribution in [3.63, 3.8) is 0 Å². The lowest BCUT2D eigenvalue weighted by Crippen LogP contribution is -2.43. The lowest BCUT2D eigenvalue weighted by atomic mass is 10.1. The van der Waals surface area contributed by atoms with Gasteiger partial charge in [0, 0.05) is 45.6 Å². The van der Waals surface area contributed by atoms with Gasteiger partial charge in [-0.1, -0.05) is 12.1 Å². The van der Waals surface area contributed by atoms with Crippen LogP contribution in [0.25, 0.3) is 0 Å². The molecule has 5 heteroatoms. The maximum absolute atomic E-state index is 12.1. The number of hydrogen-bond acceptors (Lipinski definition) is 4. The first-order valence-electron chi connectivity index (χ1n) is 7.86. The smallest absolute Gasteiger partial charge is 0.234 e. The highest BCUT2D eigenvalue weighted by Crippen LogP contribution is 2.14. The molecule has 1 saturated heterocycles. The molecule has 2 rings (SSSR count). The number of carbonyl (C=O) groups excluding carboxylic acids is 1. The van der Waals surface area contributed by atoms with Gasteiger partial charge in [-0.2, -0.15) is 0 Å². The molecule has 0 unspecified atom stereocenters. The minimum Gasteiger partial charge on any atom is -0.381 e. The van der Waals surface area contributed by atoms with Crippen molar-refractivity contribution in [2.75, 3.05) is 45.8 Å². The SMILES string of the molecule is CN(CC(=O)NC1CCOCC1)Cc1cccc(N(C)C)c1. The Morgan fingerprint density at radius 1 is 1.27 bits per heavy atom. The largest absolute Gasteiger partial charge is 0.381 e. The normalized spacial score (nSPS) is 15.8. The molecule has 1 aromatic rings. The van der Waals surface area contributed by atoms with Gasteiger partial charge in [0.25, 0.3) is 0 Å². The van der Waals surface area contributed by atoms with Crippen LogP contribution < -0.4 is 10.2 Å². The first-order chi connectivity index (χ1) is 10.5. The number of benzene rings is 1. The number of rotatable bonds is 6. The van der Waals surface area contributed by atoms with Crippen LogP contribution in [0.15, 0.2) is 24.3 Å². The summed E-state index contributed by atoms with van der Waals surface area (Å²) in [5.41, 5.74) is 2.39. The summed E-state index contributed by atoms with van der Waals surface area (Å²) >= 11 is 0. The van der Waals surface area contributed by atoms with Gasteiger partial charge in [-0.25, -0.2) is 0 Å². The van der Waals surface area contributed by atoms with E-state index >= 15 is 0 Å². The Kier molecular flexibility index (Phi) is 6.21. The van der Waals surface area contributed by atoms with E-state index in [-0.39, 0.29) is 11.9 Å². The molecule has 0 saturated carbocycles. The fourth-order valence-corrected chi connectivity index (χ4v) is 2.66. The molecule has 0 aromatic heterocycles. The summed E-state index contributed by atoms with van der Waals surface area (Å²) in [6.07, 6.45) is 1.83. The molecule has 0 aliphatic carbocycles. The van der Waals surface area contributed by atoms with Crippen LogP contribution in [0, 0.1) is 0 Å². The third-order valence-corrected chi connectivity index (χ3v) is 3.88. The van der Waals surface area contributed by atoms with Crippen molar-refractivity contribution in [3.05, 3.63) is 29.8 Å². The van der Waals surface area contributed by atoms with Crippen LogP contribution in [-0.4, -0.2) is 57.8 Å². The van der Waals surface area contributed by atoms with Crippen molar-refractivity contribution in [1.82, 2.24) is 10.2 Å². The Morgan fingerprint density at radius 2 is 2.00 bits per heavy atom. The molecule has 1 aromatic carbocycles. The van der Waals surface area contributed by atoms with Crippen molar-refractivity contribution in [2.45, 2.75) is 25.4 Å². The monoisotopic (exact) mass is 305 g/mol. The van der Waals surface area contributed by atoms with Crippen molar-refractivity contribution in [3.8, 4) is 0 Å². The van der Waals surface area contributed by atoms with Gasteiger partial charge in [-0.05, 0) is 37.6 Å². The van der Waals surface area contributed by atoms with Gasteiger partial charge in [0.15, 0.2) is 0 Å². The summed E-state index contributed by atoms with van der Waals surface area (Å²) in [4.78, 5) is 16.2. The zero-order valence-electron chi connectivity index (χ0n) is 13.8. The van der Waals surface area contributed by atoms with Crippen LogP contribution in [0.1, 0.15) is 18.4 Å². The number of anilines is 1. The van der Waals surface area contributed by atoms with Crippen LogP contribution in [-0.2, 0) is 16.1 Å². The Bertz CT molecular complexity index is 485. The van der Waals surface area contributed by atoms with Crippen LogP contribution in [0.4, 0.5) is 5.69 Å². The zero-order chi connectivity index (χ0) is 15.9. The second-order valence-electron chi connectivity index (χ2n) is 6.19. The summed E-state index contributed by atoms with van der Waals surface area (Å²) < 4.78 is 5.31. The molecule has 1 heterocycles. The second-order valence-corrected chi connectivity index (χ2v) is 6.19. The predicted molar refractivity (Wildman–Crippen MR) is 89.1 cm³/mol. The highest BCUT2D eigenvalue weighted by Gasteiger charge is 2.16. The van der Waals surface area contributed by atoms with E-state index in [0.29, 0.717) is 6.54 Å². The molecule has 22 heavy (non-hydrogen) atoms. The molecule has 0 spiro atoms. The summed E-state index contributed by atoms with van der Waals surface area (Å²) in [6.45, 7) is 2.68. The van der Waals surface area contributed by atoms with Crippen molar-refractivity contribution in [2.24, 2.45) is 0 Å². The minimum absolute atomic E-state index is 0.0955. The average molecular weight is 305 g/mol. The number of likely N-dealkylation sites (N-methyl/N-ethyl adjacent to an activating group) is 1. The third kappa shape index (κ3) is 5.31. The van der Waals surface area contributed by atoms with Gasteiger partial charge in [0.05, 0.1) is 6.54 Å². The van der Waals surface area contributed by atoms with Gasteiger partial charge in [0.2, 0.25) is 5.91 Å². The van der Waals surface area contributed by atoms with Crippen molar-refractivity contribution >= 4 is 11.6 Å². The fraction of sp³-hybridized carbons (Fsp3) is 0.588. The molecule has 5 nitrogen and oxygen atoms in total. The van der Waals surface area contributed by atoms with E-state index in [1.165, 1.54) is 11.3 Å². The maximum Gasteiger partial charge on any atom is 0.234 e. The second kappa shape index (κ2) is 8.15. The fourth-order valence-electron chi connectivity index (χ4n) is 2.66. The summed E-state index contributed by atoms with van der Waals surface area (Å²) in [6, 6.07) is 8.67. The molecule has 1 fully saturated rings. The molecule has 122 valence electrons. The Balaban J connectivity index is 1.80. The van der Waals surface area contributed by atoms with Gasteiger partial charge >= 0.3 is 0 Å². The Labute approximate surface area is 133 Å². The molecule has 0 bridgehead atoms. The summed E-state index contributed by atoms with van der Waals surface area (Å²) in [5.74, 6) is 0.0955. The highest BCUT2D eigenvalue weighted by atomic mass is 16.5. The Morgan fingerprint density at radius 3 is 2.68 bits per heavy atom. The van der Waals surface area contributed by atoms with Gasteiger partial charge in [-0.15, -0.1) is 0 Å². The van der Waals surface area contributed by atoms with E-state index in [9.17, 15) is 4.79 Å². The summed E-state index contributed by atoms with van der Waals surface area (Å²) in [7, 11) is 6.04. The standard InChI is InChI=1S/C17H27N3O2/c1-19(2)16-6-4-5-14(11-16)12-20(3)13-17(21)18-15-7-9-22-10-8-15/h4-6,11,15H,7-10,12-13H2,1-3H3,(H,18,21). The Hall–Kier alpha value is -1.59.